The molecule has 18 heavy (non-hydrogen) atoms. The maximum atomic E-state index is 3.61. The van der Waals surface area contributed by atoms with Crippen LogP contribution in [0.3, 0.4) is 0 Å². The van der Waals surface area contributed by atoms with E-state index in [-0.39, 0.29) is 0 Å². The molecule has 92 valence electrons. The molecule has 1 aliphatic heterocycles. The van der Waals surface area contributed by atoms with Gasteiger partial charge in [0.05, 0.1) is 0 Å². The zero-order chi connectivity index (χ0) is 12.2. The van der Waals surface area contributed by atoms with Gasteiger partial charge in [-0.1, -0.05) is 36.4 Å². The molecule has 2 aromatic carbocycles. The van der Waals surface area contributed by atoms with Crippen molar-refractivity contribution >= 4 is 17.4 Å². The first-order chi connectivity index (χ1) is 8.92. The second kappa shape index (κ2) is 5.49. The van der Waals surface area contributed by atoms with Gasteiger partial charge in [-0.2, -0.15) is 0 Å². The van der Waals surface area contributed by atoms with Gasteiger partial charge in [0.25, 0.3) is 0 Å². The smallest absolute Gasteiger partial charge is 0.0375 e. The normalized spacial score (nSPS) is 17.2. The lowest BCUT2D eigenvalue weighted by atomic mass is 10.1. The third-order valence-electron chi connectivity index (χ3n) is 3.32. The van der Waals surface area contributed by atoms with E-state index in [1.807, 2.05) is 11.8 Å². The minimum absolute atomic E-state index is 0.610. The first kappa shape index (κ1) is 11.7. The van der Waals surface area contributed by atoms with Crippen molar-refractivity contribution in [3.05, 3.63) is 60.2 Å². The molecule has 0 fully saturated rings. The number of hydrogen-bond acceptors (Lipinski definition) is 2. The Morgan fingerprint density at radius 2 is 1.78 bits per heavy atom. The molecular formula is C16H17NS. The van der Waals surface area contributed by atoms with E-state index in [0.717, 1.165) is 0 Å². The predicted octanol–water partition coefficient (Wildman–Crippen LogP) is 4.21. The lowest BCUT2D eigenvalue weighted by Crippen LogP contribution is -2.15. The molecule has 0 saturated heterocycles. The molecule has 1 N–H and O–H groups in total. The van der Waals surface area contributed by atoms with E-state index < -0.39 is 0 Å². The van der Waals surface area contributed by atoms with E-state index in [1.54, 1.807) is 0 Å². The molecule has 0 saturated carbocycles. The van der Waals surface area contributed by atoms with Crippen molar-refractivity contribution < 1.29 is 0 Å². The average Bonchev–Trinajstić information content (AvgIpc) is 2.82. The van der Waals surface area contributed by atoms with Crippen LogP contribution in [0, 0.1) is 0 Å². The number of thioether (sulfide) groups is 1. The fourth-order valence-electron chi connectivity index (χ4n) is 2.39. The van der Waals surface area contributed by atoms with Gasteiger partial charge in [0, 0.05) is 16.6 Å². The summed E-state index contributed by atoms with van der Waals surface area (Å²) in [5.74, 6) is 1.18. The van der Waals surface area contributed by atoms with Gasteiger partial charge in [-0.25, -0.2) is 0 Å². The highest BCUT2D eigenvalue weighted by molar-refractivity contribution is 7.99. The summed E-state index contributed by atoms with van der Waals surface area (Å²) in [4.78, 5) is 1.37. The van der Waals surface area contributed by atoms with E-state index in [9.17, 15) is 0 Å². The molecule has 1 heterocycles. The van der Waals surface area contributed by atoms with Crippen molar-refractivity contribution in [3.63, 3.8) is 0 Å². The Hall–Kier alpha value is -1.41. The molecule has 2 heteroatoms. The number of para-hydroxylation sites is 1. The fourth-order valence-corrected chi connectivity index (χ4v) is 3.37. The molecule has 1 nitrogen and oxygen atoms in total. The van der Waals surface area contributed by atoms with E-state index in [2.05, 4.69) is 59.9 Å². The SMILES string of the molecule is c1ccc(SCCC2Cc3ccccc3N2)cc1. The van der Waals surface area contributed by atoms with Crippen LogP contribution < -0.4 is 5.32 Å². The minimum Gasteiger partial charge on any atom is -0.382 e. The van der Waals surface area contributed by atoms with Crippen LogP contribution in [0.15, 0.2) is 59.5 Å². The molecule has 0 aliphatic carbocycles. The summed E-state index contributed by atoms with van der Waals surface area (Å²) >= 11 is 1.95. The van der Waals surface area contributed by atoms with E-state index in [1.165, 1.54) is 34.7 Å². The minimum atomic E-state index is 0.610. The van der Waals surface area contributed by atoms with Crippen molar-refractivity contribution in [1.29, 1.82) is 0 Å². The second-order valence-electron chi connectivity index (χ2n) is 4.65. The van der Waals surface area contributed by atoms with Crippen LogP contribution in [0.2, 0.25) is 0 Å². The highest BCUT2D eigenvalue weighted by atomic mass is 32.2. The van der Waals surface area contributed by atoms with E-state index in [0.29, 0.717) is 6.04 Å². The van der Waals surface area contributed by atoms with Crippen molar-refractivity contribution in [2.45, 2.75) is 23.8 Å². The van der Waals surface area contributed by atoms with Crippen molar-refractivity contribution in [3.8, 4) is 0 Å². The van der Waals surface area contributed by atoms with Crippen LogP contribution in [0.25, 0.3) is 0 Å². The van der Waals surface area contributed by atoms with Gasteiger partial charge < -0.3 is 5.32 Å². The van der Waals surface area contributed by atoms with Crippen LogP contribution in [0.5, 0.6) is 0 Å². The van der Waals surface area contributed by atoms with Crippen LogP contribution in [0.4, 0.5) is 5.69 Å². The number of hydrogen-bond donors (Lipinski definition) is 1. The van der Waals surface area contributed by atoms with Gasteiger partial charge in [-0.05, 0) is 42.4 Å². The number of fused-ring (bicyclic) bond motifs is 1. The summed E-state index contributed by atoms with van der Waals surface area (Å²) in [6.07, 6.45) is 2.39. The quantitative estimate of drug-likeness (QED) is 0.822. The molecule has 3 rings (SSSR count). The summed E-state index contributed by atoms with van der Waals surface area (Å²) in [6, 6.07) is 19.9. The molecule has 0 bridgehead atoms. The Labute approximate surface area is 113 Å². The van der Waals surface area contributed by atoms with Gasteiger partial charge >= 0.3 is 0 Å². The maximum Gasteiger partial charge on any atom is 0.0375 e. The molecule has 0 spiro atoms. The van der Waals surface area contributed by atoms with Crippen LogP contribution in [0.1, 0.15) is 12.0 Å². The van der Waals surface area contributed by atoms with Crippen molar-refractivity contribution in [2.24, 2.45) is 0 Å². The second-order valence-corrected chi connectivity index (χ2v) is 5.82. The highest BCUT2D eigenvalue weighted by Gasteiger charge is 2.19. The molecule has 2 aromatic rings. The van der Waals surface area contributed by atoms with Gasteiger partial charge in [-0.3, -0.25) is 0 Å². The zero-order valence-corrected chi connectivity index (χ0v) is 11.1. The monoisotopic (exact) mass is 255 g/mol. The molecule has 0 radical (unpaired) electrons. The molecule has 1 atom stereocenters. The number of benzene rings is 2. The summed E-state index contributed by atoms with van der Waals surface area (Å²) < 4.78 is 0. The lowest BCUT2D eigenvalue weighted by Gasteiger charge is -2.10. The fraction of sp³-hybridized carbons (Fsp3) is 0.250. The number of nitrogens with one attached hydrogen (secondary N) is 1. The average molecular weight is 255 g/mol. The highest BCUT2D eigenvalue weighted by Crippen LogP contribution is 2.28. The summed E-state index contributed by atoms with van der Waals surface area (Å²) in [7, 11) is 0. The Morgan fingerprint density at radius 1 is 1.00 bits per heavy atom. The molecule has 1 unspecified atom stereocenters. The third-order valence-corrected chi connectivity index (χ3v) is 4.37. The predicted molar refractivity (Wildman–Crippen MR) is 79.3 cm³/mol. The Balaban J connectivity index is 1.49. The molecular weight excluding hydrogens is 238 g/mol. The summed E-state index contributed by atoms with van der Waals surface area (Å²) in [5, 5.41) is 3.61. The van der Waals surface area contributed by atoms with Gasteiger partial charge in [-0.15, -0.1) is 11.8 Å². The number of rotatable bonds is 4. The van der Waals surface area contributed by atoms with Crippen molar-refractivity contribution in [2.75, 3.05) is 11.1 Å². The van der Waals surface area contributed by atoms with Gasteiger partial charge in [0.2, 0.25) is 0 Å². The standard InChI is InChI=1S/C16H17NS/c1-2-7-15(8-3-1)18-11-10-14-12-13-6-4-5-9-16(13)17-14/h1-9,14,17H,10-12H2. The summed E-state index contributed by atoms with van der Waals surface area (Å²) in [6.45, 7) is 0. The lowest BCUT2D eigenvalue weighted by molar-refractivity contribution is 0.730. The van der Waals surface area contributed by atoms with Crippen molar-refractivity contribution in [1.82, 2.24) is 0 Å². The topological polar surface area (TPSA) is 12.0 Å². The molecule has 0 aromatic heterocycles. The number of anilines is 1. The first-order valence-electron chi connectivity index (χ1n) is 6.44. The third kappa shape index (κ3) is 2.70. The van der Waals surface area contributed by atoms with Gasteiger partial charge in [0.1, 0.15) is 0 Å². The Kier molecular flexibility index (Phi) is 3.56. The van der Waals surface area contributed by atoms with E-state index >= 15 is 0 Å². The zero-order valence-electron chi connectivity index (χ0n) is 10.3. The summed E-state index contributed by atoms with van der Waals surface area (Å²) in [5.41, 5.74) is 2.79. The maximum absolute atomic E-state index is 3.61. The largest absolute Gasteiger partial charge is 0.382 e. The van der Waals surface area contributed by atoms with Gasteiger partial charge in [0.15, 0.2) is 0 Å². The molecule has 0 amide bonds. The van der Waals surface area contributed by atoms with E-state index in [4.69, 9.17) is 0 Å². The van der Waals surface area contributed by atoms with Crippen LogP contribution >= 0.6 is 11.8 Å². The Bertz CT molecular complexity index is 485. The van der Waals surface area contributed by atoms with Crippen LogP contribution in [-0.4, -0.2) is 11.8 Å². The Morgan fingerprint density at radius 3 is 2.61 bits per heavy atom. The molecule has 1 aliphatic rings. The first-order valence-corrected chi connectivity index (χ1v) is 7.43. The van der Waals surface area contributed by atoms with Crippen LogP contribution in [-0.2, 0) is 6.42 Å².